The highest BCUT2D eigenvalue weighted by atomic mass is 28.2. The van der Waals surface area contributed by atoms with E-state index in [4.69, 9.17) is 4.43 Å². The van der Waals surface area contributed by atoms with E-state index in [1.807, 2.05) is 0 Å². The van der Waals surface area contributed by atoms with E-state index in [1.165, 1.54) is 31.3 Å². The second-order valence-corrected chi connectivity index (χ2v) is 6.31. The average molecular weight is 210 g/mol. The van der Waals surface area contributed by atoms with Crippen LogP contribution in [0.3, 0.4) is 0 Å². The third-order valence-corrected chi connectivity index (χ3v) is 5.40. The summed E-state index contributed by atoms with van der Waals surface area (Å²) in [6.07, 6.45) is 5.96. The van der Waals surface area contributed by atoms with Gasteiger partial charge in [0.25, 0.3) is 0 Å². The molecule has 0 saturated heterocycles. The van der Waals surface area contributed by atoms with Gasteiger partial charge >= 0.3 is 0 Å². The molecule has 2 rings (SSSR count). The van der Waals surface area contributed by atoms with Crippen molar-refractivity contribution in [2.24, 2.45) is 17.8 Å². The van der Waals surface area contributed by atoms with Crippen LogP contribution in [0.2, 0.25) is 0 Å². The summed E-state index contributed by atoms with van der Waals surface area (Å²) in [5.41, 5.74) is 3.74. The van der Waals surface area contributed by atoms with Gasteiger partial charge in [-0.3, -0.25) is 0 Å². The van der Waals surface area contributed by atoms with Gasteiger partial charge in [-0.2, -0.15) is 0 Å². The number of hydrogen-bond donors (Lipinski definition) is 0. The minimum Gasteiger partial charge on any atom is -0.419 e. The highest BCUT2D eigenvalue weighted by Crippen LogP contribution is 2.49. The number of rotatable bonds is 4. The second-order valence-electron chi connectivity index (χ2n) is 5.16. The molecule has 2 aliphatic rings. The quantitative estimate of drug-likeness (QED) is 0.511. The van der Waals surface area contributed by atoms with E-state index < -0.39 is 0 Å². The lowest BCUT2D eigenvalue weighted by molar-refractivity contribution is 0.223. The number of hydrogen-bond acceptors (Lipinski definition) is 1. The lowest BCUT2D eigenvalue weighted by atomic mass is 9.99. The minimum absolute atomic E-state index is 0.349. The monoisotopic (exact) mass is 210 g/mol. The van der Waals surface area contributed by atoms with Crippen molar-refractivity contribution >= 4 is 9.76 Å². The maximum absolute atomic E-state index is 5.87. The first-order valence-electron chi connectivity index (χ1n) is 5.98. The van der Waals surface area contributed by atoms with Gasteiger partial charge in [0.1, 0.15) is 0 Å². The van der Waals surface area contributed by atoms with Crippen LogP contribution in [0.1, 0.15) is 39.5 Å². The van der Waals surface area contributed by atoms with Gasteiger partial charge in [0.2, 0.25) is 0 Å². The fraction of sp³-hybridized carbons (Fsp3) is 0.833. The van der Waals surface area contributed by atoms with Gasteiger partial charge < -0.3 is 4.43 Å². The Kier molecular flexibility index (Phi) is 3.45. The Hall–Kier alpha value is -0.0831. The van der Waals surface area contributed by atoms with E-state index in [0.29, 0.717) is 0 Å². The molecule has 0 heterocycles. The highest BCUT2D eigenvalue weighted by Gasteiger charge is 2.41. The van der Waals surface area contributed by atoms with Crippen LogP contribution in [0, 0.1) is 17.8 Å². The van der Waals surface area contributed by atoms with Gasteiger partial charge in [-0.15, -0.1) is 0 Å². The molecule has 0 aromatic rings. The van der Waals surface area contributed by atoms with Crippen molar-refractivity contribution in [1.29, 1.82) is 0 Å². The molecular formula is C12H22OSi. The van der Waals surface area contributed by atoms with Crippen LogP contribution >= 0.6 is 0 Å². The van der Waals surface area contributed by atoms with Crippen molar-refractivity contribution in [2.75, 3.05) is 6.61 Å². The molecule has 2 fully saturated rings. The largest absolute Gasteiger partial charge is 0.419 e. The zero-order chi connectivity index (χ0) is 9.97. The Balaban J connectivity index is 1.69. The van der Waals surface area contributed by atoms with Crippen molar-refractivity contribution in [2.45, 2.75) is 39.5 Å². The molecule has 2 aliphatic carbocycles. The number of allylic oxidation sites excluding steroid dienone is 1. The Morgan fingerprint density at radius 3 is 2.29 bits per heavy atom. The lowest BCUT2D eigenvalue weighted by Gasteiger charge is -2.14. The van der Waals surface area contributed by atoms with Crippen molar-refractivity contribution in [1.82, 2.24) is 0 Å². The SMILES string of the molecule is CC(C)=C[SiH2]OCC1C2CCC1CC2. The molecule has 2 heteroatoms. The summed E-state index contributed by atoms with van der Waals surface area (Å²) >= 11 is 0. The topological polar surface area (TPSA) is 9.23 Å². The van der Waals surface area contributed by atoms with E-state index in [9.17, 15) is 0 Å². The zero-order valence-corrected chi connectivity index (χ0v) is 10.9. The normalized spacial score (nSPS) is 35.7. The van der Waals surface area contributed by atoms with Crippen LogP contribution in [0.15, 0.2) is 11.3 Å². The van der Waals surface area contributed by atoms with Crippen LogP contribution in [0.5, 0.6) is 0 Å². The van der Waals surface area contributed by atoms with Crippen LogP contribution in [0.25, 0.3) is 0 Å². The molecule has 0 unspecified atom stereocenters. The molecule has 0 aromatic heterocycles. The summed E-state index contributed by atoms with van der Waals surface area (Å²) in [7, 11) is -0.349. The van der Waals surface area contributed by atoms with E-state index in [1.54, 1.807) is 0 Å². The summed E-state index contributed by atoms with van der Waals surface area (Å²) in [6, 6.07) is 0. The maximum atomic E-state index is 5.87. The molecule has 0 N–H and O–H groups in total. The van der Waals surface area contributed by atoms with Crippen LogP contribution < -0.4 is 0 Å². The molecule has 80 valence electrons. The second kappa shape index (κ2) is 4.62. The molecular weight excluding hydrogens is 188 g/mol. The first-order chi connectivity index (χ1) is 6.77. The molecule has 0 radical (unpaired) electrons. The van der Waals surface area contributed by atoms with Gasteiger partial charge in [-0.05, 0) is 57.3 Å². The van der Waals surface area contributed by atoms with E-state index >= 15 is 0 Å². The smallest absolute Gasteiger partial charge is 0.185 e. The average Bonchev–Trinajstić information content (AvgIpc) is 2.71. The molecule has 0 amide bonds. The van der Waals surface area contributed by atoms with Crippen molar-refractivity contribution in [3.8, 4) is 0 Å². The Morgan fingerprint density at radius 1 is 1.21 bits per heavy atom. The predicted molar refractivity (Wildman–Crippen MR) is 62.9 cm³/mol. The summed E-state index contributed by atoms with van der Waals surface area (Å²) < 4.78 is 5.87. The molecule has 0 atom stereocenters. The molecule has 0 aromatic carbocycles. The van der Waals surface area contributed by atoms with Gasteiger partial charge in [0.15, 0.2) is 9.76 Å². The van der Waals surface area contributed by atoms with E-state index in [0.717, 1.165) is 24.4 Å². The van der Waals surface area contributed by atoms with Gasteiger partial charge in [0, 0.05) is 6.61 Å². The van der Waals surface area contributed by atoms with Crippen LogP contribution in [-0.2, 0) is 4.43 Å². The minimum atomic E-state index is -0.349. The fourth-order valence-electron chi connectivity index (χ4n) is 3.09. The molecule has 0 spiro atoms. The predicted octanol–water partition coefficient (Wildman–Crippen LogP) is 2.45. The first-order valence-corrected chi connectivity index (χ1v) is 7.38. The van der Waals surface area contributed by atoms with Crippen molar-refractivity contribution in [3.05, 3.63) is 11.3 Å². The van der Waals surface area contributed by atoms with Gasteiger partial charge in [-0.25, -0.2) is 0 Å². The van der Waals surface area contributed by atoms with Crippen LogP contribution in [0.4, 0.5) is 0 Å². The highest BCUT2D eigenvalue weighted by molar-refractivity contribution is 6.34. The summed E-state index contributed by atoms with van der Waals surface area (Å²) in [4.78, 5) is 0. The summed E-state index contributed by atoms with van der Waals surface area (Å²) in [5.74, 6) is 2.99. The molecule has 0 aliphatic heterocycles. The fourth-order valence-corrected chi connectivity index (χ4v) is 3.95. The number of fused-ring (bicyclic) bond motifs is 2. The standard InChI is InChI=1S/C12H22OSi/c1-9(2)8-14-13-7-12-10-3-4-11(12)6-5-10/h8,10-12H,3-7,14H2,1-2H3. The third kappa shape index (κ3) is 2.29. The van der Waals surface area contributed by atoms with Gasteiger partial charge in [0.05, 0.1) is 0 Å². The maximum Gasteiger partial charge on any atom is 0.185 e. The van der Waals surface area contributed by atoms with Crippen molar-refractivity contribution < 1.29 is 4.43 Å². The van der Waals surface area contributed by atoms with Crippen LogP contribution in [-0.4, -0.2) is 16.4 Å². The Labute approximate surface area is 89.9 Å². The zero-order valence-electron chi connectivity index (χ0n) is 9.46. The Bertz CT molecular complexity index is 200. The first kappa shape index (κ1) is 10.4. The molecule has 2 bridgehead atoms. The van der Waals surface area contributed by atoms with E-state index in [-0.39, 0.29) is 9.76 Å². The van der Waals surface area contributed by atoms with E-state index in [2.05, 4.69) is 19.5 Å². The van der Waals surface area contributed by atoms with Gasteiger partial charge in [-0.1, -0.05) is 11.3 Å². The molecule has 1 nitrogen and oxygen atoms in total. The third-order valence-electron chi connectivity index (χ3n) is 3.95. The van der Waals surface area contributed by atoms with Crippen molar-refractivity contribution in [3.63, 3.8) is 0 Å². The molecule has 2 saturated carbocycles. The lowest BCUT2D eigenvalue weighted by Crippen LogP contribution is -2.15. The summed E-state index contributed by atoms with van der Waals surface area (Å²) in [6.45, 7) is 5.40. The Morgan fingerprint density at radius 2 is 1.79 bits per heavy atom. The summed E-state index contributed by atoms with van der Waals surface area (Å²) in [5, 5.41) is 0. The molecule has 14 heavy (non-hydrogen) atoms.